The largest absolute Gasteiger partial charge is 0.479 e. The Hall–Kier alpha value is -2.50. The van der Waals surface area contributed by atoms with Gasteiger partial charge in [-0.25, -0.2) is 9.78 Å². The molecule has 0 aliphatic carbocycles. The highest BCUT2D eigenvalue weighted by Crippen LogP contribution is 2.32. The van der Waals surface area contributed by atoms with Crippen molar-refractivity contribution in [3.63, 3.8) is 0 Å². The zero-order chi connectivity index (χ0) is 19.4. The van der Waals surface area contributed by atoms with Crippen LogP contribution in [0.4, 0.5) is 0 Å². The number of halogens is 2. The summed E-state index contributed by atoms with van der Waals surface area (Å²) >= 11 is 12.2. The number of nitrogens with zero attached hydrogens (tertiary/aromatic N) is 1. The van der Waals surface area contributed by atoms with Crippen molar-refractivity contribution in [2.24, 2.45) is 0 Å². The molecule has 0 aliphatic rings. The molecule has 0 fully saturated rings. The number of ether oxygens (including phenoxy) is 3. The normalized spacial score (nSPS) is 11.9. The number of hydrogen-bond acceptors (Lipinski definition) is 5. The van der Waals surface area contributed by atoms with E-state index in [1.807, 2.05) is 0 Å². The van der Waals surface area contributed by atoms with Gasteiger partial charge in [-0.15, -0.1) is 0 Å². The van der Waals surface area contributed by atoms with Crippen LogP contribution in [0.3, 0.4) is 0 Å². The first-order chi connectivity index (χ1) is 13.0. The summed E-state index contributed by atoms with van der Waals surface area (Å²) in [5, 5.41) is 1.82. The number of pyridine rings is 1. The molecule has 3 rings (SSSR count). The number of esters is 1. The summed E-state index contributed by atoms with van der Waals surface area (Å²) in [4.78, 5) is 16.0. The van der Waals surface area contributed by atoms with Gasteiger partial charge in [-0.05, 0) is 62.4 Å². The number of rotatable bonds is 6. The topological polar surface area (TPSA) is 57.7 Å². The van der Waals surface area contributed by atoms with E-state index in [2.05, 4.69) is 4.98 Å². The fourth-order valence-electron chi connectivity index (χ4n) is 2.39. The van der Waals surface area contributed by atoms with Crippen LogP contribution < -0.4 is 9.47 Å². The maximum atomic E-state index is 11.6. The summed E-state index contributed by atoms with van der Waals surface area (Å²) in [6, 6.07) is 13.9. The number of fused-ring (bicyclic) bond motifs is 1. The second-order valence-corrected chi connectivity index (χ2v) is 6.54. The zero-order valence-electron chi connectivity index (χ0n) is 14.7. The first-order valence-corrected chi connectivity index (χ1v) is 9.09. The van der Waals surface area contributed by atoms with Crippen LogP contribution in [0.5, 0.6) is 17.4 Å². The highest BCUT2D eigenvalue weighted by atomic mass is 35.5. The minimum Gasteiger partial charge on any atom is -0.479 e. The first-order valence-electron chi connectivity index (χ1n) is 8.33. The third kappa shape index (κ3) is 4.81. The fraction of sp³-hybridized carbons (Fsp3) is 0.200. The lowest BCUT2D eigenvalue weighted by Crippen LogP contribution is -2.25. The number of benzene rings is 2. The van der Waals surface area contributed by atoms with Gasteiger partial charge >= 0.3 is 5.97 Å². The fourth-order valence-corrected chi connectivity index (χ4v) is 2.76. The van der Waals surface area contributed by atoms with Gasteiger partial charge in [0.05, 0.1) is 12.1 Å². The second-order valence-electron chi connectivity index (χ2n) is 5.70. The molecule has 1 unspecified atom stereocenters. The predicted molar refractivity (Wildman–Crippen MR) is 105 cm³/mol. The molecule has 27 heavy (non-hydrogen) atoms. The molecular weight excluding hydrogens is 389 g/mol. The van der Waals surface area contributed by atoms with Crippen LogP contribution in [0.15, 0.2) is 48.5 Å². The quantitative estimate of drug-likeness (QED) is 0.494. The summed E-state index contributed by atoms with van der Waals surface area (Å²) in [6.07, 6.45) is -0.694. The average molecular weight is 406 g/mol. The van der Waals surface area contributed by atoms with Gasteiger partial charge in [-0.2, -0.15) is 0 Å². The number of carbonyl (C=O) groups excluding carboxylic acids is 1. The molecule has 3 aromatic rings. The van der Waals surface area contributed by atoms with E-state index in [-0.39, 0.29) is 0 Å². The van der Waals surface area contributed by atoms with E-state index >= 15 is 0 Å². The van der Waals surface area contributed by atoms with Gasteiger partial charge < -0.3 is 14.2 Å². The van der Waals surface area contributed by atoms with E-state index in [9.17, 15) is 4.79 Å². The molecule has 0 amide bonds. The Morgan fingerprint density at radius 2 is 1.78 bits per heavy atom. The maximum absolute atomic E-state index is 11.6. The number of hydrogen-bond donors (Lipinski definition) is 0. The Morgan fingerprint density at radius 1 is 1.07 bits per heavy atom. The summed E-state index contributed by atoms with van der Waals surface area (Å²) in [5.41, 5.74) is 0.724. The molecule has 0 saturated heterocycles. The Labute approximate surface area is 166 Å². The van der Waals surface area contributed by atoms with E-state index in [1.54, 1.807) is 62.4 Å². The van der Waals surface area contributed by atoms with E-state index in [4.69, 9.17) is 37.4 Å². The molecule has 2 aromatic carbocycles. The first kappa shape index (κ1) is 19.3. The van der Waals surface area contributed by atoms with Crippen LogP contribution in [0.2, 0.25) is 10.0 Å². The zero-order valence-corrected chi connectivity index (χ0v) is 16.3. The van der Waals surface area contributed by atoms with Gasteiger partial charge in [0.15, 0.2) is 6.10 Å². The lowest BCUT2D eigenvalue weighted by atomic mass is 10.2. The summed E-state index contributed by atoms with van der Waals surface area (Å²) < 4.78 is 16.2. The molecule has 7 heteroatoms. The molecule has 0 N–H and O–H groups in total. The van der Waals surface area contributed by atoms with Crippen LogP contribution in [-0.2, 0) is 9.53 Å². The summed E-state index contributed by atoms with van der Waals surface area (Å²) in [5.74, 6) is 0.939. The summed E-state index contributed by atoms with van der Waals surface area (Å²) in [6.45, 7) is 3.69. The van der Waals surface area contributed by atoms with Crippen molar-refractivity contribution in [3.8, 4) is 17.4 Å². The molecule has 1 aromatic heterocycles. The third-order valence-electron chi connectivity index (χ3n) is 3.67. The molecule has 0 spiro atoms. The summed E-state index contributed by atoms with van der Waals surface area (Å²) in [7, 11) is 0. The van der Waals surface area contributed by atoms with Crippen molar-refractivity contribution in [3.05, 3.63) is 58.6 Å². The van der Waals surface area contributed by atoms with Crippen molar-refractivity contribution in [1.82, 2.24) is 4.98 Å². The Kier molecular flexibility index (Phi) is 6.04. The lowest BCUT2D eigenvalue weighted by molar-refractivity contribution is -0.150. The van der Waals surface area contributed by atoms with Gasteiger partial charge in [-0.3, -0.25) is 0 Å². The van der Waals surface area contributed by atoms with Gasteiger partial charge in [-0.1, -0.05) is 23.2 Å². The third-order valence-corrected chi connectivity index (χ3v) is 4.17. The number of aromatic nitrogens is 1. The highest BCUT2D eigenvalue weighted by Gasteiger charge is 2.15. The van der Waals surface area contributed by atoms with Crippen molar-refractivity contribution in [2.75, 3.05) is 6.61 Å². The monoisotopic (exact) mass is 405 g/mol. The van der Waals surface area contributed by atoms with Crippen molar-refractivity contribution < 1.29 is 19.0 Å². The highest BCUT2D eigenvalue weighted by molar-refractivity contribution is 6.33. The van der Waals surface area contributed by atoms with Crippen molar-refractivity contribution in [2.45, 2.75) is 20.0 Å². The predicted octanol–water partition coefficient (Wildman–Crippen LogP) is 5.66. The molecule has 5 nitrogen and oxygen atoms in total. The Balaban J connectivity index is 1.73. The van der Waals surface area contributed by atoms with Gasteiger partial charge in [0.1, 0.15) is 16.5 Å². The van der Waals surface area contributed by atoms with Gasteiger partial charge in [0, 0.05) is 10.4 Å². The minimum atomic E-state index is -0.694. The standard InChI is InChI=1S/C20H17Cl2NO4/c1-3-25-20(24)12(2)26-15-5-7-16(8-6-15)27-19-17(22)11-13-10-14(21)4-9-18(13)23-19/h4-12H,3H2,1-2H3. The van der Waals surface area contributed by atoms with Gasteiger partial charge in [0.2, 0.25) is 5.88 Å². The smallest absolute Gasteiger partial charge is 0.347 e. The van der Waals surface area contributed by atoms with Crippen LogP contribution in [-0.4, -0.2) is 23.7 Å². The van der Waals surface area contributed by atoms with Crippen molar-refractivity contribution in [1.29, 1.82) is 0 Å². The lowest BCUT2D eigenvalue weighted by Gasteiger charge is -2.14. The van der Waals surface area contributed by atoms with E-state index in [1.165, 1.54) is 0 Å². The van der Waals surface area contributed by atoms with Crippen LogP contribution in [0, 0.1) is 0 Å². The number of carbonyl (C=O) groups is 1. The Bertz CT molecular complexity index is 960. The molecule has 1 heterocycles. The van der Waals surface area contributed by atoms with Crippen molar-refractivity contribution >= 4 is 40.1 Å². The van der Waals surface area contributed by atoms with Gasteiger partial charge in [0.25, 0.3) is 0 Å². The second kappa shape index (κ2) is 8.46. The molecule has 0 bridgehead atoms. The maximum Gasteiger partial charge on any atom is 0.347 e. The minimum absolute atomic E-state index is 0.292. The van der Waals surface area contributed by atoms with E-state index < -0.39 is 12.1 Å². The molecule has 140 valence electrons. The average Bonchev–Trinajstić information content (AvgIpc) is 2.64. The van der Waals surface area contributed by atoms with Crippen LogP contribution in [0.25, 0.3) is 10.9 Å². The molecule has 0 aliphatic heterocycles. The molecule has 0 radical (unpaired) electrons. The van der Waals surface area contributed by atoms with E-state index in [0.29, 0.717) is 34.0 Å². The van der Waals surface area contributed by atoms with Crippen LogP contribution in [0.1, 0.15) is 13.8 Å². The van der Waals surface area contributed by atoms with Crippen LogP contribution >= 0.6 is 23.2 Å². The molecular formula is C20H17Cl2NO4. The molecule has 1 atom stereocenters. The Morgan fingerprint density at radius 3 is 2.48 bits per heavy atom. The molecule has 0 saturated carbocycles. The SMILES string of the molecule is CCOC(=O)C(C)Oc1ccc(Oc2nc3ccc(Cl)cc3cc2Cl)cc1. The van der Waals surface area contributed by atoms with E-state index in [0.717, 1.165) is 10.9 Å².